The standard InChI is InChI=1S/C11H20N2O/c1-5-9(4)13-7-6-10(11(13)14)12-8(2)3/h5,8-10,12H,1,6-7H2,2-4H3. The lowest BCUT2D eigenvalue weighted by molar-refractivity contribution is -0.130. The summed E-state index contributed by atoms with van der Waals surface area (Å²) < 4.78 is 0. The number of rotatable bonds is 4. The summed E-state index contributed by atoms with van der Waals surface area (Å²) in [6, 6.07) is 0.529. The molecule has 0 radical (unpaired) electrons. The van der Waals surface area contributed by atoms with Gasteiger partial charge < -0.3 is 10.2 Å². The smallest absolute Gasteiger partial charge is 0.240 e. The molecule has 0 aromatic carbocycles. The van der Waals surface area contributed by atoms with Crippen molar-refractivity contribution in [1.29, 1.82) is 0 Å². The molecule has 2 unspecified atom stereocenters. The fourth-order valence-electron chi connectivity index (χ4n) is 1.79. The van der Waals surface area contributed by atoms with Crippen molar-refractivity contribution in [2.75, 3.05) is 6.54 Å². The Morgan fingerprint density at radius 3 is 2.71 bits per heavy atom. The van der Waals surface area contributed by atoms with Crippen molar-refractivity contribution in [3.8, 4) is 0 Å². The predicted molar refractivity (Wildman–Crippen MR) is 58.0 cm³/mol. The molecule has 3 heteroatoms. The first kappa shape index (κ1) is 11.2. The first-order valence-electron chi connectivity index (χ1n) is 5.25. The number of hydrogen-bond acceptors (Lipinski definition) is 2. The Hall–Kier alpha value is -0.830. The van der Waals surface area contributed by atoms with Gasteiger partial charge in [-0.3, -0.25) is 4.79 Å². The van der Waals surface area contributed by atoms with Gasteiger partial charge in [-0.05, 0) is 13.3 Å². The molecule has 0 aromatic rings. The molecule has 1 aliphatic rings. The topological polar surface area (TPSA) is 32.3 Å². The van der Waals surface area contributed by atoms with Gasteiger partial charge in [0.25, 0.3) is 0 Å². The number of likely N-dealkylation sites (tertiary alicyclic amines) is 1. The van der Waals surface area contributed by atoms with Crippen molar-refractivity contribution >= 4 is 5.91 Å². The van der Waals surface area contributed by atoms with E-state index in [0.29, 0.717) is 6.04 Å². The SMILES string of the molecule is C=CC(C)N1CCC(NC(C)C)C1=O. The molecule has 0 saturated carbocycles. The Morgan fingerprint density at radius 2 is 2.21 bits per heavy atom. The Balaban J connectivity index is 2.55. The molecule has 1 amide bonds. The highest BCUT2D eigenvalue weighted by atomic mass is 16.2. The molecule has 80 valence electrons. The Labute approximate surface area is 86.2 Å². The number of hydrogen-bond donors (Lipinski definition) is 1. The second kappa shape index (κ2) is 4.60. The Morgan fingerprint density at radius 1 is 1.57 bits per heavy atom. The van der Waals surface area contributed by atoms with Crippen LogP contribution < -0.4 is 5.32 Å². The van der Waals surface area contributed by atoms with Gasteiger partial charge in [-0.15, -0.1) is 6.58 Å². The molecule has 0 aromatic heterocycles. The summed E-state index contributed by atoms with van der Waals surface area (Å²) in [6.45, 7) is 10.7. The lowest BCUT2D eigenvalue weighted by atomic mass is 10.2. The first-order valence-corrected chi connectivity index (χ1v) is 5.25. The van der Waals surface area contributed by atoms with E-state index in [0.717, 1.165) is 13.0 Å². The van der Waals surface area contributed by atoms with Gasteiger partial charge in [0.2, 0.25) is 5.91 Å². The molecule has 1 rings (SSSR count). The first-order chi connectivity index (χ1) is 6.56. The highest BCUT2D eigenvalue weighted by Crippen LogP contribution is 2.15. The van der Waals surface area contributed by atoms with Gasteiger partial charge in [-0.25, -0.2) is 0 Å². The van der Waals surface area contributed by atoms with Crippen LogP contribution in [0.5, 0.6) is 0 Å². The third-order valence-corrected chi connectivity index (χ3v) is 2.61. The zero-order chi connectivity index (χ0) is 10.7. The van der Waals surface area contributed by atoms with Crippen molar-refractivity contribution < 1.29 is 4.79 Å². The van der Waals surface area contributed by atoms with Gasteiger partial charge >= 0.3 is 0 Å². The van der Waals surface area contributed by atoms with Crippen molar-refractivity contribution in [2.24, 2.45) is 0 Å². The second-order valence-corrected chi connectivity index (χ2v) is 4.17. The van der Waals surface area contributed by atoms with Crippen LogP contribution >= 0.6 is 0 Å². The minimum Gasteiger partial charge on any atom is -0.335 e. The summed E-state index contributed by atoms with van der Waals surface area (Å²) in [4.78, 5) is 13.7. The van der Waals surface area contributed by atoms with Crippen molar-refractivity contribution in [2.45, 2.75) is 45.3 Å². The van der Waals surface area contributed by atoms with E-state index in [1.807, 2.05) is 17.9 Å². The zero-order valence-corrected chi connectivity index (χ0v) is 9.29. The Bertz CT molecular complexity index is 225. The van der Waals surface area contributed by atoms with Crippen molar-refractivity contribution in [1.82, 2.24) is 10.2 Å². The highest BCUT2D eigenvalue weighted by molar-refractivity contribution is 5.84. The van der Waals surface area contributed by atoms with E-state index >= 15 is 0 Å². The molecule has 1 N–H and O–H groups in total. The van der Waals surface area contributed by atoms with Crippen LogP contribution in [0.4, 0.5) is 0 Å². The van der Waals surface area contributed by atoms with E-state index < -0.39 is 0 Å². The van der Waals surface area contributed by atoms with Crippen LogP contribution in [0, 0.1) is 0 Å². The Kier molecular flexibility index (Phi) is 3.69. The van der Waals surface area contributed by atoms with E-state index in [4.69, 9.17) is 0 Å². The largest absolute Gasteiger partial charge is 0.335 e. The van der Waals surface area contributed by atoms with Gasteiger partial charge in [0.15, 0.2) is 0 Å². The summed E-state index contributed by atoms with van der Waals surface area (Å²) in [6.07, 6.45) is 2.73. The predicted octanol–water partition coefficient (Wildman–Crippen LogP) is 1.16. The van der Waals surface area contributed by atoms with Crippen molar-refractivity contribution in [3.05, 3.63) is 12.7 Å². The van der Waals surface area contributed by atoms with Crippen LogP contribution in [0.2, 0.25) is 0 Å². The number of carbonyl (C=O) groups excluding carboxylic acids is 1. The van der Waals surface area contributed by atoms with E-state index in [1.165, 1.54) is 0 Å². The fourth-order valence-corrected chi connectivity index (χ4v) is 1.79. The van der Waals surface area contributed by atoms with E-state index in [1.54, 1.807) is 0 Å². The van der Waals surface area contributed by atoms with Crippen LogP contribution in [0.25, 0.3) is 0 Å². The molecular formula is C11H20N2O. The van der Waals surface area contributed by atoms with Crippen LogP contribution in [0.15, 0.2) is 12.7 Å². The van der Waals surface area contributed by atoms with E-state index in [-0.39, 0.29) is 18.0 Å². The summed E-state index contributed by atoms with van der Waals surface area (Å²) in [5.74, 6) is 0.214. The minimum absolute atomic E-state index is 0.0115. The molecule has 1 aliphatic heterocycles. The third kappa shape index (κ3) is 2.35. The molecule has 1 heterocycles. The summed E-state index contributed by atoms with van der Waals surface area (Å²) in [5, 5.41) is 3.27. The number of carbonyl (C=O) groups is 1. The molecule has 1 saturated heterocycles. The van der Waals surface area contributed by atoms with Gasteiger partial charge in [0, 0.05) is 18.6 Å². The maximum absolute atomic E-state index is 11.9. The average molecular weight is 196 g/mol. The molecule has 0 bridgehead atoms. The van der Waals surface area contributed by atoms with Gasteiger partial charge in [0.1, 0.15) is 0 Å². The third-order valence-electron chi connectivity index (χ3n) is 2.61. The second-order valence-electron chi connectivity index (χ2n) is 4.17. The van der Waals surface area contributed by atoms with Crippen molar-refractivity contribution in [3.63, 3.8) is 0 Å². The summed E-state index contributed by atoms with van der Waals surface area (Å²) in [7, 11) is 0. The monoisotopic (exact) mass is 196 g/mol. The van der Waals surface area contributed by atoms with E-state index in [9.17, 15) is 4.79 Å². The van der Waals surface area contributed by atoms with Crippen LogP contribution in [0.3, 0.4) is 0 Å². The van der Waals surface area contributed by atoms with Crippen LogP contribution in [-0.2, 0) is 4.79 Å². The average Bonchev–Trinajstić information content (AvgIpc) is 2.46. The minimum atomic E-state index is 0.0115. The molecule has 14 heavy (non-hydrogen) atoms. The molecule has 0 spiro atoms. The lowest BCUT2D eigenvalue weighted by Gasteiger charge is -2.22. The maximum atomic E-state index is 11.9. The highest BCUT2D eigenvalue weighted by Gasteiger charge is 2.33. The molecule has 2 atom stereocenters. The van der Waals surface area contributed by atoms with E-state index in [2.05, 4.69) is 25.7 Å². The maximum Gasteiger partial charge on any atom is 0.240 e. The van der Waals surface area contributed by atoms with Crippen LogP contribution in [0.1, 0.15) is 27.2 Å². The number of nitrogens with one attached hydrogen (secondary N) is 1. The summed E-state index contributed by atoms with van der Waals surface area (Å²) in [5.41, 5.74) is 0. The quantitative estimate of drug-likeness (QED) is 0.684. The molecule has 0 aliphatic carbocycles. The molecule has 3 nitrogen and oxygen atoms in total. The molecular weight excluding hydrogens is 176 g/mol. The number of amides is 1. The van der Waals surface area contributed by atoms with Crippen LogP contribution in [-0.4, -0.2) is 35.5 Å². The zero-order valence-electron chi connectivity index (χ0n) is 9.29. The summed E-state index contributed by atoms with van der Waals surface area (Å²) >= 11 is 0. The lowest BCUT2D eigenvalue weighted by Crippen LogP contribution is -2.43. The fraction of sp³-hybridized carbons (Fsp3) is 0.727. The van der Waals surface area contributed by atoms with Gasteiger partial charge in [-0.2, -0.15) is 0 Å². The molecule has 1 fully saturated rings. The van der Waals surface area contributed by atoms with Gasteiger partial charge in [-0.1, -0.05) is 19.9 Å². The van der Waals surface area contributed by atoms with Gasteiger partial charge in [0.05, 0.1) is 6.04 Å². The normalized spacial score (nSPS) is 24.4. The number of nitrogens with zero attached hydrogens (tertiary/aromatic N) is 1.